The minimum atomic E-state index is -0.0724. The molecule has 0 aromatic rings. The molecule has 0 aliphatic rings. The monoisotopic (exact) mass is 464 g/mol. The third kappa shape index (κ3) is 39.3. The van der Waals surface area contributed by atoms with E-state index in [-0.39, 0.29) is 12.5 Å². The lowest BCUT2D eigenvalue weighted by molar-refractivity contribution is -0.124. The molecule has 0 aliphatic heterocycles. The molecule has 0 aromatic carbocycles. The van der Waals surface area contributed by atoms with Gasteiger partial charge in [0, 0.05) is 33.4 Å². The highest BCUT2D eigenvalue weighted by molar-refractivity contribution is 5.77. The van der Waals surface area contributed by atoms with Crippen molar-refractivity contribution in [1.82, 2.24) is 10.6 Å². The van der Waals surface area contributed by atoms with Crippen LogP contribution in [0.5, 0.6) is 0 Å². The van der Waals surface area contributed by atoms with Gasteiger partial charge in [-0.3, -0.25) is 9.59 Å². The summed E-state index contributed by atoms with van der Waals surface area (Å²) in [6.45, 7) is 13.7. The van der Waals surface area contributed by atoms with Crippen molar-refractivity contribution >= 4 is 12.3 Å². The lowest BCUT2D eigenvalue weighted by Crippen LogP contribution is -2.27. The van der Waals surface area contributed by atoms with Gasteiger partial charge in [0.1, 0.15) is 6.61 Å². The maximum atomic E-state index is 11.1. The molecule has 0 saturated heterocycles. The molecule has 0 unspecified atom stereocenters. The van der Waals surface area contributed by atoms with Crippen molar-refractivity contribution in [2.45, 2.75) is 79.1 Å². The van der Waals surface area contributed by atoms with Crippen LogP contribution in [0.2, 0.25) is 0 Å². The lowest BCUT2D eigenvalue weighted by Gasteiger charge is -2.07. The van der Waals surface area contributed by atoms with Crippen molar-refractivity contribution in [2.24, 2.45) is 0 Å². The van der Waals surface area contributed by atoms with Crippen molar-refractivity contribution in [1.29, 1.82) is 0 Å². The van der Waals surface area contributed by atoms with E-state index >= 15 is 0 Å². The molecule has 8 nitrogen and oxygen atoms in total. The number of hydrogen-bond donors (Lipinski definition) is 2. The average molecular weight is 465 g/mol. The Morgan fingerprint density at radius 1 is 0.719 bits per heavy atom. The van der Waals surface area contributed by atoms with Crippen LogP contribution in [0.1, 0.15) is 79.1 Å². The van der Waals surface area contributed by atoms with Crippen molar-refractivity contribution in [3.8, 4) is 0 Å². The number of unbranched alkanes of at least 4 members (excludes halogenated alkanes) is 5. The van der Waals surface area contributed by atoms with E-state index in [1.807, 2.05) is 13.8 Å². The fraction of sp³-hybridized carbons (Fsp3) is 0.917. The van der Waals surface area contributed by atoms with Crippen LogP contribution < -0.4 is 10.6 Å². The molecule has 2 amide bonds. The van der Waals surface area contributed by atoms with E-state index in [1.165, 1.54) is 20.0 Å². The quantitative estimate of drug-likeness (QED) is 0.187. The van der Waals surface area contributed by atoms with E-state index in [1.54, 1.807) is 0 Å². The van der Waals surface area contributed by atoms with Gasteiger partial charge in [-0.2, -0.15) is 0 Å². The first kappa shape index (κ1) is 35.4. The zero-order valence-corrected chi connectivity index (χ0v) is 21.5. The number of hydrogen-bond acceptors (Lipinski definition) is 6. The molecule has 0 aromatic heterocycles. The molecule has 0 aliphatic carbocycles. The summed E-state index contributed by atoms with van der Waals surface area (Å²) in [5, 5.41) is 5.42. The van der Waals surface area contributed by atoms with Crippen molar-refractivity contribution in [2.75, 3.05) is 66.4 Å². The van der Waals surface area contributed by atoms with Gasteiger partial charge in [0.05, 0.1) is 26.4 Å². The van der Waals surface area contributed by atoms with Gasteiger partial charge >= 0.3 is 0 Å². The summed E-state index contributed by atoms with van der Waals surface area (Å²) in [5.41, 5.74) is 0. The molecule has 0 atom stereocenters. The minimum absolute atomic E-state index is 0.0724. The smallest absolute Gasteiger partial charge is 0.245 e. The molecule has 8 heteroatoms. The zero-order chi connectivity index (χ0) is 24.5. The Balaban J connectivity index is -0.00000125. The van der Waals surface area contributed by atoms with E-state index in [2.05, 4.69) is 24.5 Å². The topological polar surface area (TPSA) is 95.1 Å². The molecule has 0 rings (SSSR count). The maximum absolute atomic E-state index is 11.1. The normalized spacial score (nSPS) is 9.78. The van der Waals surface area contributed by atoms with Crippen molar-refractivity contribution < 1.29 is 28.5 Å². The number of nitrogens with one attached hydrogen (secondary N) is 2. The highest BCUT2D eigenvalue weighted by atomic mass is 16.5. The number of rotatable bonds is 22. The molecule has 0 spiro atoms. The largest absolute Gasteiger partial charge is 0.379 e. The molecule has 32 heavy (non-hydrogen) atoms. The van der Waals surface area contributed by atoms with E-state index in [4.69, 9.17) is 18.9 Å². The van der Waals surface area contributed by atoms with Crippen LogP contribution in [0.25, 0.3) is 0 Å². The van der Waals surface area contributed by atoms with Gasteiger partial charge in [-0.25, -0.2) is 0 Å². The van der Waals surface area contributed by atoms with Crippen LogP contribution in [0, 0.1) is 0 Å². The van der Waals surface area contributed by atoms with Gasteiger partial charge in [-0.15, -0.1) is 0 Å². The summed E-state index contributed by atoms with van der Waals surface area (Å²) in [6.07, 6.45) is 9.34. The van der Waals surface area contributed by atoms with Crippen molar-refractivity contribution in [3.63, 3.8) is 0 Å². The van der Waals surface area contributed by atoms with E-state index in [0.29, 0.717) is 39.6 Å². The molecular formula is C24H52N2O6. The molecule has 0 heterocycles. The standard InChI is InChI=1S/C18H36N2O6.C4H10.C2H6/c1-23-16-18(22)20-9-5-3-7-11-25-13-15-26-14-12-24-10-6-2-4-8-19-17-21;1-3-4-2;1-2/h17H,2-16H2,1H3,(H,19,21)(H,20,22);3-4H2,1-2H3;1-2H3. The molecule has 2 N–H and O–H groups in total. The molecule has 194 valence electrons. The van der Waals surface area contributed by atoms with Gasteiger partial charge < -0.3 is 29.6 Å². The first-order valence-electron chi connectivity index (χ1n) is 12.4. The summed E-state index contributed by atoms with van der Waals surface area (Å²) in [6, 6.07) is 0. The second-order valence-electron chi connectivity index (χ2n) is 6.81. The summed E-state index contributed by atoms with van der Waals surface area (Å²) in [5.74, 6) is -0.0724. The van der Waals surface area contributed by atoms with E-state index < -0.39 is 0 Å². The Hall–Kier alpha value is -1.22. The predicted molar refractivity (Wildman–Crippen MR) is 131 cm³/mol. The molecular weight excluding hydrogens is 412 g/mol. The Morgan fingerprint density at radius 3 is 1.62 bits per heavy atom. The van der Waals surface area contributed by atoms with Gasteiger partial charge in [0.15, 0.2) is 0 Å². The van der Waals surface area contributed by atoms with Crippen LogP contribution in [-0.4, -0.2) is 78.8 Å². The fourth-order valence-electron chi connectivity index (χ4n) is 2.12. The Bertz CT molecular complexity index is 344. The van der Waals surface area contributed by atoms with Gasteiger partial charge in [-0.1, -0.05) is 40.5 Å². The Kier molecular flexibility index (Phi) is 41.0. The number of methoxy groups -OCH3 is 1. The molecule has 0 bridgehead atoms. The summed E-state index contributed by atoms with van der Waals surface area (Å²) < 4.78 is 21.1. The van der Waals surface area contributed by atoms with Crippen LogP contribution in [-0.2, 0) is 28.5 Å². The second-order valence-corrected chi connectivity index (χ2v) is 6.81. The zero-order valence-electron chi connectivity index (χ0n) is 21.5. The summed E-state index contributed by atoms with van der Waals surface area (Å²) in [7, 11) is 1.51. The number of amides is 2. The van der Waals surface area contributed by atoms with Crippen LogP contribution in [0.3, 0.4) is 0 Å². The van der Waals surface area contributed by atoms with E-state index in [0.717, 1.165) is 58.1 Å². The summed E-state index contributed by atoms with van der Waals surface area (Å²) >= 11 is 0. The predicted octanol–water partition coefficient (Wildman–Crippen LogP) is 3.72. The minimum Gasteiger partial charge on any atom is -0.379 e. The second kappa shape index (κ2) is 37.1. The Labute approximate surface area is 197 Å². The average Bonchev–Trinajstić information content (AvgIpc) is 2.82. The first-order chi connectivity index (χ1) is 15.7. The third-order valence-electron chi connectivity index (χ3n) is 4.00. The van der Waals surface area contributed by atoms with Crippen LogP contribution >= 0.6 is 0 Å². The van der Waals surface area contributed by atoms with Crippen LogP contribution in [0.4, 0.5) is 0 Å². The van der Waals surface area contributed by atoms with Crippen molar-refractivity contribution in [3.05, 3.63) is 0 Å². The highest BCUT2D eigenvalue weighted by Gasteiger charge is 1.98. The number of carbonyl (C=O) groups is 2. The number of carbonyl (C=O) groups excluding carboxylic acids is 2. The lowest BCUT2D eigenvalue weighted by atomic mass is 10.2. The van der Waals surface area contributed by atoms with E-state index in [9.17, 15) is 9.59 Å². The highest BCUT2D eigenvalue weighted by Crippen LogP contribution is 1.96. The maximum Gasteiger partial charge on any atom is 0.245 e. The van der Waals surface area contributed by atoms with Gasteiger partial charge in [0.2, 0.25) is 12.3 Å². The third-order valence-corrected chi connectivity index (χ3v) is 4.00. The van der Waals surface area contributed by atoms with Crippen LogP contribution in [0.15, 0.2) is 0 Å². The molecule has 0 saturated carbocycles. The molecule has 0 fully saturated rings. The van der Waals surface area contributed by atoms with Gasteiger partial charge in [0.25, 0.3) is 0 Å². The fourth-order valence-corrected chi connectivity index (χ4v) is 2.12. The van der Waals surface area contributed by atoms with Gasteiger partial charge in [-0.05, 0) is 38.5 Å². The Morgan fingerprint density at radius 2 is 1.19 bits per heavy atom. The molecule has 0 radical (unpaired) electrons. The summed E-state index contributed by atoms with van der Waals surface area (Å²) in [4.78, 5) is 21.2. The SMILES string of the molecule is CC.CCCC.COCC(=O)NCCCCCOCCOCCOCCCCCNC=O. The number of ether oxygens (including phenoxy) is 4. The first-order valence-corrected chi connectivity index (χ1v) is 12.4.